The minimum atomic E-state index is 0.937. The minimum Gasteiger partial charge on any atom is -0.464 e. The summed E-state index contributed by atoms with van der Waals surface area (Å²) < 4.78 is 9.32. The van der Waals surface area contributed by atoms with Crippen molar-refractivity contribution in [3.05, 3.63) is 79.1 Å². The molecule has 25 heavy (non-hydrogen) atoms. The molecule has 2 nitrogen and oxygen atoms in total. The summed E-state index contributed by atoms with van der Waals surface area (Å²) in [5.41, 5.74) is 3.39. The Kier molecular flexibility index (Phi) is 2.52. The fourth-order valence-corrected chi connectivity index (χ4v) is 4.83. The Morgan fingerprint density at radius 2 is 1.60 bits per heavy atom. The molecule has 0 bridgehead atoms. The number of hydrogen-bond acceptors (Lipinski definition) is 2. The lowest BCUT2D eigenvalue weighted by atomic mass is 10.1. The first kappa shape index (κ1) is 13.3. The fraction of sp³-hybridized carbons (Fsp3) is 0. The van der Waals surface area contributed by atoms with Gasteiger partial charge >= 0.3 is 0 Å². The van der Waals surface area contributed by atoms with Crippen LogP contribution in [0.25, 0.3) is 47.9 Å². The molecule has 0 saturated carbocycles. The normalized spacial score (nSPS) is 12.0. The molecule has 0 N–H and O–H groups in total. The monoisotopic (exact) mass is 339 g/mol. The lowest BCUT2D eigenvalue weighted by molar-refractivity contribution is 0.616. The molecule has 3 heteroatoms. The van der Waals surface area contributed by atoms with Crippen LogP contribution < -0.4 is 0 Å². The molecule has 0 unspecified atom stereocenters. The number of aromatic nitrogens is 1. The number of furan rings is 1. The Hall–Kier alpha value is -3.04. The third kappa shape index (κ3) is 1.79. The van der Waals surface area contributed by atoms with Crippen LogP contribution in [0.2, 0.25) is 0 Å². The second kappa shape index (κ2) is 4.74. The maximum atomic E-state index is 5.63. The Bertz CT molecular complexity index is 1370. The first-order valence-corrected chi connectivity index (χ1v) is 9.09. The molecule has 0 radical (unpaired) electrons. The van der Waals surface area contributed by atoms with Crippen LogP contribution in [0.4, 0.5) is 0 Å². The predicted octanol–water partition coefficient (Wildman–Crippen LogP) is 6.74. The summed E-state index contributed by atoms with van der Waals surface area (Å²) in [6.45, 7) is 0. The van der Waals surface area contributed by atoms with Crippen LogP contribution >= 0.6 is 11.3 Å². The van der Waals surface area contributed by atoms with Gasteiger partial charge in [0.1, 0.15) is 10.6 Å². The standard InChI is InChI=1S/C22H13NOS/c1-4-8-21-15(5-1)12-22(25-21)23-18-7-3-2-6-16(18)17-13-20-14(9-10-24-20)11-19(17)23/h1-13H. The van der Waals surface area contributed by atoms with Crippen LogP contribution in [0.3, 0.4) is 0 Å². The summed E-state index contributed by atoms with van der Waals surface area (Å²) in [6.07, 6.45) is 1.76. The SMILES string of the molecule is c1ccc2sc(-n3c4ccccc4c4cc5occc5cc43)cc2c1. The molecule has 3 heterocycles. The van der Waals surface area contributed by atoms with E-state index in [1.54, 1.807) is 6.26 Å². The van der Waals surface area contributed by atoms with Crippen LogP contribution in [0.1, 0.15) is 0 Å². The van der Waals surface area contributed by atoms with Crippen LogP contribution in [-0.2, 0) is 0 Å². The highest BCUT2D eigenvalue weighted by atomic mass is 32.1. The molecule has 6 rings (SSSR count). The van der Waals surface area contributed by atoms with Gasteiger partial charge in [-0.15, -0.1) is 11.3 Å². The van der Waals surface area contributed by atoms with Gasteiger partial charge in [-0.1, -0.05) is 36.4 Å². The topological polar surface area (TPSA) is 18.1 Å². The van der Waals surface area contributed by atoms with Crippen LogP contribution in [-0.4, -0.2) is 4.57 Å². The highest BCUT2D eigenvalue weighted by Crippen LogP contribution is 2.38. The molecule has 0 aliphatic rings. The van der Waals surface area contributed by atoms with Gasteiger partial charge in [0.15, 0.2) is 0 Å². The highest BCUT2D eigenvalue weighted by molar-refractivity contribution is 7.21. The van der Waals surface area contributed by atoms with Gasteiger partial charge in [-0.3, -0.25) is 0 Å². The molecule has 0 atom stereocenters. The molecular weight excluding hydrogens is 326 g/mol. The average molecular weight is 339 g/mol. The van der Waals surface area contributed by atoms with Gasteiger partial charge in [0.25, 0.3) is 0 Å². The molecule has 0 fully saturated rings. The van der Waals surface area contributed by atoms with Crippen molar-refractivity contribution in [2.75, 3.05) is 0 Å². The summed E-state index contributed by atoms with van der Waals surface area (Å²) in [7, 11) is 0. The van der Waals surface area contributed by atoms with E-state index in [1.165, 1.54) is 36.9 Å². The number of rotatable bonds is 1. The summed E-state index contributed by atoms with van der Waals surface area (Å²) in [5, 5.41) is 6.16. The largest absolute Gasteiger partial charge is 0.464 e. The quantitative estimate of drug-likeness (QED) is 0.324. The first-order valence-electron chi connectivity index (χ1n) is 8.28. The fourth-order valence-electron chi connectivity index (χ4n) is 3.74. The van der Waals surface area contributed by atoms with Gasteiger partial charge in [0.2, 0.25) is 0 Å². The van der Waals surface area contributed by atoms with E-state index in [4.69, 9.17) is 4.42 Å². The van der Waals surface area contributed by atoms with Gasteiger partial charge in [-0.2, -0.15) is 0 Å². The zero-order chi connectivity index (χ0) is 16.4. The molecular formula is C22H13NOS. The van der Waals surface area contributed by atoms with Crippen molar-refractivity contribution in [3.8, 4) is 5.00 Å². The number of para-hydroxylation sites is 1. The van der Waals surface area contributed by atoms with E-state index >= 15 is 0 Å². The van der Waals surface area contributed by atoms with E-state index in [2.05, 4.69) is 71.3 Å². The van der Waals surface area contributed by atoms with Gasteiger partial charge < -0.3 is 8.98 Å². The summed E-state index contributed by atoms with van der Waals surface area (Å²) in [4.78, 5) is 0. The van der Waals surface area contributed by atoms with Crippen molar-refractivity contribution in [2.24, 2.45) is 0 Å². The summed E-state index contributed by atoms with van der Waals surface area (Å²) in [6, 6.07) is 25.9. The van der Waals surface area contributed by atoms with Crippen molar-refractivity contribution in [1.82, 2.24) is 4.57 Å². The number of benzene rings is 3. The smallest absolute Gasteiger partial charge is 0.134 e. The zero-order valence-electron chi connectivity index (χ0n) is 13.3. The molecule has 3 aromatic heterocycles. The van der Waals surface area contributed by atoms with Crippen molar-refractivity contribution >= 4 is 54.2 Å². The third-order valence-electron chi connectivity index (χ3n) is 4.88. The number of thiophene rings is 1. The Balaban J connectivity index is 1.82. The van der Waals surface area contributed by atoms with Crippen LogP contribution in [0, 0.1) is 0 Å². The van der Waals surface area contributed by atoms with Crippen LogP contribution in [0.5, 0.6) is 0 Å². The van der Waals surface area contributed by atoms with Crippen LogP contribution in [0.15, 0.2) is 83.5 Å². The van der Waals surface area contributed by atoms with E-state index in [0.717, 1.165) is 11.0 Å². The Morgan fingerprint density at radius 3 is 2.56 bits per heavy atom. The predicted molar refractivity (Wildman–Crippen MR) is 106 cm³/mol. The van der Waals surface area contributed by atoms with Gasteiger partial charge in [0.05, 0.1) is 17.3 Å². The molecule has 0 amide bonds. The lowest BCUT2D eigenvalue weighted by Crippen LogP contribution is -1.89. The molecule has 0 aliphatic heterocycles. The van der Waals surface area contributed by atoms with Gasteiger partial charge in [-0.05, 0) is 41.8 Å². The minimum absolute atomic E-state index is 0.937. The van der Waals surface area contributed by atoms with E-state index in [-0.39, 0.29) is 0 Å². The maximum Gasteiger partial charge on any atom is 0.134 e. The van der Waals surface area contributed by atoms with E-state index in [1.807, 2.05) is 17.4 Å². The highest BCUT2D eigenvalue weighted by Gasteiger charge is 2.15. The average Bonchev–Trinajstić information content (AvgIpc) is 3.34. The zero-order valence-corrected chi connectivity index (χ0v) is 14.1. The second-order valence-corrected chi connectivity index (χ2v) is 7.37. The Morgan fingerprint density at radius 1 is 0.720 bits per heavy atom. The molecule has 0 saturated heterocycles. The molecule has 0 aliphatic carbocycles. The second-order valence-electron chi connectivity index (χ2n) is 6.30. The van der Waals surface area contributed by atoms with E-state index in [9.17, 15) is 0 Å². The summed E-state index contributed by atoms with van der Waals surface area (Å²) >= 11 is 1.83. The maximum absolute atomic E-state index is 5.63. The number of hydrogen-bond donors (Lipinski definition) is 0. The third-order valence-corrected chi connectivity index (χ3v) is 5.98. The lowest BCUT2D eigenvalue weighted by Gasteiger charge is -2.03. The number of fused-ring (bicyclic) bond motifs is 5. The van der Waals surface area contributed by atoms with Crippen molar-refractivity contribution in [1.29, 1.82) is 0 Å². The van der Waals surface area contributed by atoms with E-state index < -0.39 is 0 Å². The molecule has 0 spiro atoms. The van der Waals surface area contributed by atoms with Gasteiger partial charge in [0, 0.05) is 20.9 Å². The molecule has 6 aromatic rings. The van der Waals surface area contributed by atoms with Crippen molar-refractivity contribution in [2.45, 2.75) is 0 Å². The summed E-state index contributed by atoms with van der Waals surface area (Å²) in [5.74, 6) is 0. The van der Waals surface area contributed by atoms with E-state index in [0.29, 0.717) is 0 Å². The van der Waals surface area contributed by atoms with Gasteiger partial charge in [-0.25, -0.2) is 0 Å². The number of nitrogens with zero attached hydrogens (tertiary/aromatic N) is 1. The van der Waals surface area contributed by atoms with Crippen molar-refractivity contribution in [3.63, 3.8) is 0 Å². The first-order chi connectivity index (χ1) is 12.4. The molecule has 118 valence electrons. The Labute approximate surface area is 147 Å². The van der Waals surface area contributed by atoms with Crippen molar-refractivity contribution < 1.29 is 4.42 Å². The molecule has 3 aromatic carbocycles.